The first-order chi connectivity index (χ1) is 13.8. The van der Waals surface area contributed by atoms with Gasteiger partial charge in [0.05, 0.1) is 17.8 Å². The molecule has 0 spiro atoms. The molecule has 1 aliphatic rings. The third kappa shape index (κ3) is 3.76. The highest BCUT2D eigenvalue weighted by Crippen LogP contribution is 2.29. The van der Waals surface area contributed by atoms with E-state index in [1.807, 2.05) is 55.5 Å². The van der Waals surface area contributed by atoms with Crippen LogP contribution >= 0.6 is 0 Å². The van der Waals surface area contributed by atoms with Gasteiger partial charge in [0.15, 0.2) is 0 Å². The lowest BCUT2D eigenvalue weighted by Crippen LogP contribution is -2.38. The van der Waals surface area contributed by atoms with Gasteiger partial charge in [0.2, 0.25) is 5.91 Å². The molecule has 6 heteroatoms. The molecule has 1 fully saturated rings. The number of anilines is 2. The zero-order valence-electron chi connectivity index (χ0n) is 16.0. The van der Waals surface area contributed by atoms with Crippen LogP contribution in [-0.2, 0) is 4.79 Å². The summed E-state index contributed by atoms with van der Waals surface area (Å²) in [6.45, 7) is 4.10. The number of hydrogen-bond donors (Lipinski definition) is 1. The van der Waals surface area contributed by atoms with Gasteiger partial charge in [-0.3, -0.25) is 4.79 Å². The number of carbonyl (C=O) groups is 1. The largest absolute Gasteiger partial charge is 0.492 e. The quantitative estimate of drug-likeness (QED) is 0.732. The Bertz CT molecular complexity index is 962. The smallest absolute Gasteiger partial charge is 0.227 e. The third-order valence-electron chi connectivity index (χ3n) is 5.13. The average Bonchev–Trinajstić information content (AvgIpc) is 2.75. The minimum Gasteiger partial charge on any atom is -0.492 e. The Labute approximate surface area is 164 Å². The van der Waals surface area contributed by atoms with E-state index in [-0.39, 0.29) is 11.8 Å². The number of nitrogens with zero attached hydrogens (tertiary/aromatic N) is 3. The van der Waals surface area contributed by atoms with E-state index in [2.05, 4.69) is 20.2 Å². The van der Waals surface area contributed by atoms with Crippen LogP contribution in [0.15, 0.2) is 54.9 Å². The minimum absolute atomic E-state index is 0.0148. The lowest BCUT2D eigenvalue weighted by molar-refractivity contribution is -0.120. The van der Waals surface area contributed by atoms with Crippen molar-refractivity contribution in [3.63, 3.8) is 0 Å². The lowest BCUT2D eigenvalue weighted by atomic mass is 9.95. The maximum atomic E-state index is 12.8. The van der Waals surface area contributed by atoms with E-state index < -0.39 is 0 Å². The Hall–Kier alpha value is -3.15. The second kappa shape index (κ2) is 8.25. The van der Waals surface area contributed by atoms with E-state index in [1.165, 1.54) is 0 Å². The molecular formula is C22H24N4O2. The number of carbonyl (C=O) groups excluding carboxylic acids is 1. The van der Waals surface area contributed by atoms with Gasteiger partial charge in [-0.25, -0.2) is 9.97 Å². The van der Waals surface area contributed by atoms with Gasteiger partial charge in [0.25, 0.3) is 0 Å². The summed E-state index contributed by atoms with van der Waals surface area (Å²) in [7, 11) is 0. The fraction of sp³-hybridized carbons (Fsp3) is 0.318. The van der Waals surface area contributed by atoms with E-state index in [0.717, 1.165) is 48.3 Å². The van der Waals surface area contributed by atoms with Crippen LogP contribution in [0.2, 0.25) is 0 Å². The van der Waals surface area contributed by atoms with Crippen LogP contribution in [0.5, 0.6) is 5.75 Å². The van der Waals surface area contributed by atoms with Crippen molar-refractivity contribution in [3.8, 4) is 5.75 Å². The molecule has 0 atom stereocenters. The molecule has 28 heavy (non-hydrogen) atoms. The van der Waals surface area contributed by atoms with Crippen LogP contribution in [0.4, 0.5) is 11.5 Å². The molecule has 0 aliphatic carbocycles. The molecule has 1 N–H and O–H groups in total. The number of para-hydroxylation sites is 3. The molecule has 4 rings (SSSR count). The first-order valence-electron chi connectivity index (χ1n) is 9.73. The molecule has 2 heterocycles. The van der Waals surface area contributed by atoms with Gasteiger partial charge in [-0.05, 0) is 44.0 Å². The van der Waals surface area contributed by atoms with E-state index in [0.29, 0.717) is 12.4 Å². The molecule has 1 aliphatic heterocycles. The number of nitrogens with one attached hydrogen (secondary N) is 1. The summed E-state index contributed by atoms with van der Waals surface area (Å²) in [6.07, 6.45) is 3.20. The predicted octanol–water partition coefficient (Wildman–Crippen LogP) is 3.88. The van der Waals surface area contributed by atoms with Crippen molar-refractivity contribution in [2.24, 2.45) is 5.92 Å². The number of fused-ring (bicyclic) bond motifs is 1. The number of piperidine rings is 1. The monoisotopic (exact) mass is 376 g/mol. The van der Waals surface area contributed by atoms with Gasteiger partial charge in [-0.15, -0.1) is 0 Å². The van der Waals surface area contributed by atoms with E-state index in [9.17, 15) is 4.79 Å². The molecule has 144 valence electrons. The zero-order chi connectivity index (χ0) is 19.3. The fourth-order valence-electron chi connectivity index (χ4n) is 3.68. The average molecular weight is 376 g/mol. The van der Waals surface area contributed by atoms with Gasteiger partial charge in [0.1, 0.15) is 17.9 Å². The normalized spacial score (nSPS) is 14.8. The molecule has 0 unspecified atom stereocenters. The summed E-state index contributed by atoms with van der Waals surface area (Å²) in [5.74, 6) is 1.70. The number of rotatable bonds is 5. The molecule has 0 bridgehead atoms. The molecule has 3 aromatic rings. The number of benzene rings is 2. The predicted molar refractivity (Wildman–Crippen MR) is 111 cm³/mol. The fourth-order valence-corrected chi connectivity index (χ4v) is 3.68. The summed E-state index contributed by atoms with van der Waals surface area (Å²) < 4.78 is 5.60. The number of ether oxygens (including phenoxy) is 1. The standard InChI is InChI=1S/C22H24N4O2/c1-2-28-20-10-6-5-9-19(20)25-22(27)16-11-13-26(14-12-16)21-17-7-3-4-8-18(17)23-15-24-21/h3-10,15-16H,2,11-14H2,1H3,(H,25,27). The number of hydrogen-bond acceptors (Lipinski definition) is 5. The summed E-state index contributed by atoms with van der Waals surface area (Å²) in [4.78, 5) is 23.9. The van der Waals surface area contributed by atoms with Gasteiger partial charge in [-0.1, -0.05) is 24.3 Å². The summed E-state index contributed by atoms with van der Waals surface area (Å²) in [5.41, 5.74) is 1.68. The van der Waals surface area contributed by atoms with Crippen LogP contribution in [0.25, 0.3) is 10.9 Å². The Balaban J connectivity index is 1.42. The first-order valence-corrected chi connectivity index (χ1v) is 9.73. The first kappa shape index (κ1) is 18.2. The Morgan fingerprint density at radius 2 is 1.86 bits per heavy atom. The van der Waals surface area contributed by atoms with Crippen LogP contribution in [0, 0.1) is 5.92 Å². The second-order valence-corrected chi connectivity index (χ2v) is 6.89. The van der Waals surface area contributed by atoms with Gasteiger partial charge >= 0.3 is 0 Å². The molecule has 1 saturated heterocycles. The highest BCUT2D eigenvalue weighted by Gasteiger charge is 2.27. The van der Waals surface area contributed by atoms with E-state index >= 15 is 0 Å². The molecular weight excluding hydrogens is 352 g/mol. The van der Waals surface area contributed by atoms with E-state index in [4.69, 9.17) is 4.74 Å². The molecule has 2 aromatic carbocycles. The van der Waals surface area contributed by atoms with Gasteiger partial charge in [-0.2, -0.15) is 0 Å². The Kier molecular flexibility index (Phi) is 5.37. The van der Waals surface area contributed by atoms with Crippen molar-refractivity contribution < 1.29 is 9.53 Å². The second-order valence-electron chi connectivity index (χ2n) is 6.89. The number of amides is 1. The summed E-state index contributed by atoms with van der Waals surface area (Å²) >= 11 is 0. The third-order valence-corrected chi connectivity index (χ3v) is 5.13. The van der Waals surface area contributed by atoms with Gasteiger partial charge in [0, 0.05) is 24.4 Å². The highest BCUT2D eigenvalue weighted by atomic mass is 16.5. The molecule has 1 aromatic heterocycles. The number of aromatic nitrogens is 2. The van der Waals surface area contributed by atoms with Crippen molar-refractivity contribution in [3.05, 3.63) is 54.9 Å². The zero-order valence-corrected chi connectivity index (χ0v) is 16.0. The van der Waals surface area contributed by atoms with Crippen molar-refractivity contribution in [1.82, 2.24) is 9.97 Å². The SMILES string of the molecule is CCOc1ccccc1NC(=O)C1CCN(c2ncnc3ccccc23)CC1. The summed E-state index contributed by atoms with van der Waals surface area (Å²) in [5, 5.41) is 4.10. The lowest BCUT2D eigenvalue weighted by Gasteiger charge is -2.32. The van der Waals surface area contributed by atoms with Crippen LogP contribution in [0.1, 0.15) is 19.8 Å². The van der Waals surface area contributed by atoms with Crippen LogP contribution in [-0.4, -0.2) is 35.6 Å². The maximum Gasteiger partial charge on any atom is 0.227 e. The van der Waals surface area contributed by atoms with Crippen LogP contribution in [0.3, 0.4) is 0 Å². The molecule has 0 saturated carbocycles. The van der Waals surface area contributed by atoms with Crippen LogP contribution < -0.4 is 15.0 Å². The van der Waals surface area contributed by atoms with Crippen molar-refractivity contribution in [2.75, 3.05) is 29.9 Å². The minimum atomic E-state index is -0.0148. The Morgan fingerprint density at radius 1 is 1.11 bits per heavy atom. The van der Waals surface area contributed by atoms with Crippen molar-refractivity contribution in [1.29, 1.82) is 0 Å². The van der Waals surface area contributed by atoms with E-state index in [1.54, 1.807) is 6.33 Å². The highest BCUT2D eigenvalue weighted by molar-refractivity contribution is 5.94. The Morgan fingerprint density at radius 3 is 2.68 bits per heavy atom. The van der Waals surface area contributed by atoms with Crippen molar-refractivity contribution >= 4 is 28.3 Å². The topological polar surface area (TPSA) is 67.3 Å². The molecule has 0 radical (unpaired) electrons. The van der Waals surface area contributed by atoms with Crippen molar-refractivity contribution in [2.45, 2.75) is 19.8 Å². The molecule has 6 nitrogen and oxygen atoms in total. The molecule has 1 amide bonds. The van der Waals surface area contributed by atoms with Gasteiger partial charge < -0.3 is 15.0 Å². The summed E-state index contributed by atoms with van der Waals surface area (Å²) in [6, 6.07) is 15.6. The maximum absolute atomic E-state index is 12.8.